The lowest BCUT2D eigenvalue weighted by atomic mass is 10.5. The van der Waals surface area contributed by atoms with Crippen LogP contribution in [-0.4, -0.2) is 28.3 Å². The van der Waals surface area contributed by atoms with Crippen molar-refractivity contribution in [3.05, 3.63) is 12.1 Å². The number of hydrogen-bond acceptors (Lipinski definition) is 4. The number of benzene rings is 1. The lowest BCUT2D eigenvalue weighted by Gasteiger charge is -2.05. The SMILES string of the molecule is CCCS(=O)(=O)Nc1ccc2c(NS(=O)(=O)CCC)c1-2. The third-order valence-corrected chi connectivity index (χ3v) is 5.82. The fourth-order valence-electron chi connectivity index (χ4n) is 2.05. The molecule has 0 fully saturated rings. The summed E-state index contributed by atoms with van der Waals surface area (Å²) in [6, 6.07) is 3.36. The molecule has 8 heteroatoms. The van der Waals surface area contributed by atoms with Gasteiger partial charge in [-0.3, -0.25) is 9.44 Å². The lowest BCUT2D eigenvalue weighted by Crippen LogP contribution is -2.16. The summed E-state index contributed by atoms with van der Waals surface area (Å²) in [6.45, 7) is 3.57. The summed E-state index contributed by atoms with van der Waals surface area (Å²) in [5, 5.41) is 0. The minimum atomic E-state index is -3.36. The van der Waals surface area contributed by atoms with Crippen LogP contribution in [0.2, 0.25) is 0 Å². The molecular formula is C12H18N2O4S2. The highest BCUT2D eigenvalue weighted by atomic mass is 32.2. The summed E-state index contributed by atoms with van der Waals surface area (Å²) >= 11 is 0. The van der Waals surface area contributed by atoms with E-state index in [9.17, 15) is 16.8 Å². The zero-order chi connectivity index (χ0) is 15.0. The molecule has 2 aliphatic carbocycles. The molecule has 0 saturated carbocycles. The maximum atomic E-state index is 11.7. The number of sulfonamides is 2. The summed E-state index contributed by atoms with van der Waals surface area (Å²) in [6.07, 6.45) is 1.06. The van der Waals surface area contributed by atoms with Crippen molar-refractivity contribution in [1.29, 1.82) is 0 Å². The average molecular weight is 318 g/mol. The molecular weight excluding hydrogens is 300 g/mol. The third-order valence-electron chi connectivity index (χ3n) is 2.88. The van der Waals surface area contributed by atoms with Crippen molar-refractivity contribution in [1.82, 2.24) is 0 Å². The number of anilines is 2. The highest BCUT2D eigenvalue weighted by Crippen LogP contribution is 2.55. The van der Waals surface area contributed by atoms with E-state index in [1.165, 1.54) is 0 Å². The Hall–Kier alpha value is -1.28. The first-order valence-electron chi connectivity index (χ1n) is 6.48. The summed E-state index contributed by atoms with van der Waals surface area (Å²) < 4.78 is 51.7. The summed E-state index contributed by atoms with van der Waals surface area (Å²) in [5.41, 5.74) is 2.38. The van der Waals surface area contributed by atoms with Crippen molar-refractivity contribution in [2.45, 2.75) is 26.7 Å². The molecule has 2 aliphatic rings. The van der Waals surface area contributed by atoms with Crippen LogP contribution in [0.15, 0.2) is 12.1 Å². The van der Waals surface area contributed by atoms with Gasteiger partial charge >= 0.3 is 0 Å². The van der Waals surface area contributed by atoms with Crippen molar-refractivity contribution in [2.75, 3.05) is 20.9 Å². The van der Waals surface area contributed by atoms with E-state index in [1.807, 2.05) is 0 Å². The Balaban J connectivity index is 2.14. The van der Waals surface area contributed by atoms with Gasteiger partial charge in [-0.25, -0.2) is 16.8 Å². The first-order chi connectivity index (χ1) is 9.29. The fourth-order valence-corrected chi connectivity index (χ4v) is 4.36. The van der Waals surface area contributed by atoms with Crippen molar-refractivity contribution >= 4 is 31.4 Å². The van der Waals surface area contributed by atoms with Gasteiger partial charge in [-0.1, -0.05) is 13.8 Å². The zero-order valence-electron chi connectivity index (χ0n) is 11.4. The number of hydrogen-bond donors (Lipinski definition) is 2. The number of rotatable bonds is 8. The quantitative estimate of drug-likeness (QED) is 0.778. The Bertz CT molecular complexity index is 724. The van der Waals surface area contributed by atoms with Crippen LogP contribution in [0.3, 0.4) is 0 Å². The summed E-state index contributed by atoms with van der Waals surface area (Å²) in [4.78, 5) is 0. The van der Waals surface area contributed by atoms with Crippen molar-refractivity contribution in [2.24, 2.45) is 0 Å². The Labute approximate surface area is 119 Å². The standard InChI is InChI=1S/C12H18N2O4S2/c1-3-7-19(15,16)13-10-6-5-9-11(10)12(9)14-20(17,18)8-4-2/h5-6,13-14H,3-4,7-8H2,1-2H3. The van der Waals surface area contributed by atoms with Crippen LogP contribution in [0.5, 0.6) is 0 Å². The summed E-state index contributed by atoms with van der Waals surface area (Å²) in [7, 11) is -6.70. The van der Waals surface area contributed by atoms with Crippen LogP contribution < -0.4 is 9.44 Å². The average Bonchev–Trinajstić information content (AvgIpc) is 2.77. The molecule has 0 amide bonds. The van der Waals surface area contributed by atoms with Crippen LogP contribution in [0, 0.1) is 0 Å². The molecule has 6 nitrogen and oxygen atoms in total. The Morgan fingerprint density at radius 3 is 2.00 bits per heavy atom. The van der Waals surface area contributed by atoms with E-state index < -0.39 is 20.0 Å². The predicted molar refractivity (Wildman–Crippen MR) is 80.8 cm³/mol. The van der Waals surface area contributed by atoms with E-state index in [-0.39, 0.29) is 11.5 Å². The van der Waals surface area contributed by atoms with Gasteiger partial charge < -0.3 is 0 Å². The first-order valence-corrected chi connectivity index (χ1v) is 9.78. The zero-order valence-corrected chi connectivity index (χ0v) is 13.1. The lowest BCUT2D eigenvalue weighted by molar-refractivity contribution is 0.598. The van der Waals surface area contributed by atoms with Gasteiger partial charge in [0.1, 0.15) is 0 Å². The maximum absolute atomic E-state index is 11.7. The van der Waals surface area contributed by atoms with Crippen molar-refractivity contribution in [3.63, 3.8) is 0 Å². The van der Waals surface area contributed by atoms with Gasteiger partial charge in [0, 0.05) is 11.1 Å². The van der Waals surface area contributed by atoms with Gasteiger partial charge in [0.05, 0.1) is 22.9 Å². The third kappa shape index (κ3) is 3.24. The van der Waals surface area contributed by atoms with E-state index >= 15 is 0 Å². The Morgan fingerprint density at radius 1 is 0.900 bits per heavy atom. The molecule has 20 heavy (non-hydrogen) atoms. The normalized spacial score (nSPS) is 13.1. The monoisotopic (exact) mass is 318 g/mol. The van der Waals surface area contributed by atoms with E-state index in [4.69, 9.17) is 0 Å². The second-order valence-electron chi connectivity index (χ2n) is 4.75. The highest BCUT2D eigenvalue weighted by molar-refractivity contribution is 7.93. The molecule has 0 bridgehead atoms. The molecule has 0 aliphatic heterocycles. The van der Waals surface area contributed by atoms with Gasteiger partial charge in [0.15, 0.2) is 0 Å². The van der Waals surface area contributed by atoms with Crippen LogP contribution >= 0.6 is 0 Å². The van der Waals surface area contributed by atoms with Gasteiger partial charge in [-0.05, 0) is 25.0 Å². The molecule has 0 atom stereocenters. The topological polar surface area (TPSA) is 92.3 Å². The van der Waals surface area contributed by atoms with Crippen LogP contribution in [0.1, 0.15) is 26.7 Å². The van der Waals surface area contributed by atoms with Gasteiger partial charge in [0.2, 0.25) is 20.0 Å². The van der Waals surface area contributed by atoms with Crippen molar-refractivity contribution < 1.29 is 16.8 Å². The molecule has 2 rings (SSSR count). The predicted octanol–water partition coefficient (Wildman–Crippen LogP) is 1.97. The first kappa shape index (κ1) is 15.1. The summed E-state index contributed by atoms with van der Waals surface area (Å²) in [5.74, 6) is 0.0987. The van der Waals surface area contributed by atoms with E-state index in [1.54, 1.807) is 26.0 Å². The molecule has 0 aromatic heterocycles. The highest BCUT2D eigenvalue weighted by Gasteiger charge is 2.32. The van der Waals surface area contributed by atoms with Crippen molar-refractivity contribution in [3.8, 4) is 11.1 Å². The fraction of sp³-hybridized carbons (Fsp3) is 0.500. The second-order valence-corrected chi connectivity index (χ2v) is 8.44. The number of nitrogens with one attached hydrogen (secondary N) is 2. The van der Waals surface area contributed by atoms with E-state index in [2.05, 4.69) is 9.44 Å². The molecule has 0 aromatic carbocycles. The van der Waals surface area contributed by atoms with Gasteiger partial charge in [-0.2, -0.15) is 0 Å². The molecule has 112 valence electrons. The maximum Gasteiger partial charge on any atom is 0.232 e. The van der Waals surface area contributed by atoms with Gasteiger partial charge in [0.25, 0.3) is 0 Å². The van der Waals surface area contributed by atoms with Crippen LogP contribution in [0.4, 0.5) is 11.4 Å². The second kappa shape index (κ2) is 5.25. The van der Waals surface area contributed by atoms with E-state index in [0.29, 0.717) is 29.8 Å². The Morgan fingerprint density at radius 2 is 1.45 bits per heavy atom. The molecule has 0 heterocycles. The molecule has 0 unspecified atom stereocenters. The number of fused-ring (bicyclic) bond motifs is 1. The molecule has 0 spiro atoms. The molecule has 2 N–H and O–H groups in total. The van der Waals surface area contributed by atoms with Crippen LogP contribution in [0.25, 0.3) is 11.1 Å². The molecule has 0 saturated heterocycles. The van der Waals surface area contributed by atoms with Crippen LogP contribution in [-0.2, 0) is 20.0 Å². The minimum Gasteiger partial charge on any atom is -0.283 e. The van der Waals surface area contributed by atoms with E-state index in [0.717, 1.165) is 5.56 Å². The largest absolute Gasteiger partial charge is 0.283 e. The van der Waals surface area contributed by atoms with Gasteiger partial charge in [-0.15, -0.1) is 0 Å². The molecule has 0 aromatic rings. The minimum absolute atomic E-state index is 0.0455. The molecule has 0 radical (unpaired) electrons. The smallest absolute Gasteiger partial charge is 0.232 e. The Kier molecular flexibility index (Phi) is 3.97.